The fraction of sp³-hybridized carbons (Fsp3) is 0.214. The largest absolute Gasteiger partial charge is 0.339 e. The van der Waals surface area contributed by atoms with Crippen LogP contribution >= 0.6 is 47.0 Å². The van der Waals surface area contributed by atoms with Crippen LogP contribution < -0.4 is 21.3 Å². The van der Waals surface area contributed by atoms with E-state index in [-0.39, 0.29) is 11.0 Å². The number of benzene rings is 1. The minimum atomic E-state index is -1.83. The summed E-state index contributed by atoms with van der Waals surface area (Å²) < 4.78 is -1.83. The van der Waals surface area contributed by atoms with E-state index in [0.717, 1.165) is 6.08 Å². The van der Waals surface area contributed by atoms with Crippen LogP contribution in [0.1, 0.15) is 6.92 Å². The van der Waals surface area contributed by atoms with Crippen LogP contribution in [-0.4, -0.2) is 26.9 Å². The number of carbonyl (C=O) groups excluding carboxylic acids is 2. The zero-order chi connectivity index (χ0) is 18.3. The quantitative estimate of drug-likeness (QED) is 0.260. The van der Waals surface area contributed by atoms with Crippen LogP contribution in [-0.2, 0) is 9.59 Å². The first-order valence-electron chi connectivity index (χ1n) is 6.56. The summed E-state index contributed by atoms with van der Waals surface area (Å²) in [5.74, 6) is -0.697. The van der Waals surface area contributed by atoms with Crippen molar-refractivity contribution in [2.75, 3.05) is 10.6 Å². The number of thiocarbonyl (C=S) groups is 1. The SMILES string of the molecule is C=CC(=O)N[C@H](NC(=S)Nc1ccc(NC(C)=O)cc1)C(Cl)(Cl)Cl. The third-order valence-corrected chi connectivity index (χ3v) is 3.41. The summed E-state index contributed by atoms with van der Waals surface area (Å²) >= 11 is 22.6. The molecule has 0 aliphatic rings. The van der Waals surface area contributed by atoms with E-state index >= 15 is 0 Å². The Morgan fingerprint density at radius 2 is 1.62 bits per heavy atom. The van der Waals surface area contributed by atoms with Crippen molar-refractivity contribution in [3.8, 4) is 0 Å². The van der Waals surface area contributed by atoms with E-state index in [9.17, 15) is 9.59 Å². The minimum absolute atomic E-state index is 0.128. The lowest BCUT2D eigenvalue weighted by Gasteiger charge is -2.27. The Hall–Kier alpha value is -1.54. The second-order valence-corrected chi connectivity index (χ2v) is 7.32. The van der Waals surface area contributed by atoms with Gasteiger partial charge in [0.15, 0.2) is 5.11 Å². The predicted octanol–water partition coefficient (Wildman–Crippen LogP) is 2.93. The monoisotopic (exact) mass is 408 g/mol. The van der Waals surface area contributed by atoms with E-state index in [1.54, 1.807) is 24.3 Å². The van der Waals surface area contributed by atoms with Gasteiger partial charge in [-0.3, -0.25) is 9.59 Å². The second kappa shape index (κ2) is 9.08. The molecule has 0 unspecified atom stereocenters. The Morgan fingerprint density at radius 3 is 2.04 bits per heavy atom. The summed E-state index contributed by atoms with van der Waals surface area (Å²) in [6.07, 6.45) is -0.0193. The summed E-state index contributed by atoms with van der Waals surface area (Å²) in [7, 11) is 0. The van der Waals surface area contributed by atoms with E-state index in [2.05, 4.69) is 27.8 Å². The van der Waals surface area contributed by atoms with Crippen LogP contribution in [0.4, 0.5) is 11.4 Å². The Labute approximate surface area is 159 Å². The molecule has 0 fully saturated rings. The molecule has 6 nitrogen and oxygen atoms in total. The average molecular weight is 410 g/mol. The van der Waals surface area contributed by atoms with Crippen LogP contribution in [0.2, 0.25) is 0 Å². The van der Waals surface area contributed by atoms with E-state index < -0.39 is 15.9 Å². The highest BCUT2D eigenvalue weighted by Crippen LogP contribution is 2.29. The van der Waals surface area contributed by atoms with Crippen molar-refractivity contribution in [3.63, 3.8) is 0 Å². The van der Waals surface area contributed by atoms with Crippen molar-refractivity contribution in [2.24, 2.45) is 0 Å². The Kier molecular flexibility index (Phi) is 7.75. The fourth-order valence-corrected chi connectivity index (χ4v) is 2.10. The van der Waals surface area contributed by atoms with Crippen LogP contribution in [0.15, 0.2) is 36.9 Å². The molecule has 0 saturated carbocycles. The topological polar surface area (TPSA) is 82.3 Å². The number of carbonyl (C=O) groups is 2. The molecule has 24 heavy (non-hydrogen) atoms. The molecule has 0 bridgehead atoms. The number of halogens is 3. The minimum Gasteiger partial charge on any atom is -0.339 e. The maximum absolute atomic E-state index is 11.4. The van der Waals surface area contributed by atoms with Crippen molar-refractivity contribution in [3.05, 3.63) is 36.9 Å². The molecule has 2 amide bonds. The second-order valence-electron chi connectivity index (χ2n) is 4.54. The normalized spacial score (nSPS) is 11.8. The molecular formula is C14H15Cl3N4O2S. The fourth-order valence-electron chi connectivity index (χ4n) is 1.54. The van der Waals surface area contributed by atoms with Crippen molar-refractivity contribution in [1.82, 2.24) is 10.6 Å². The molecule has 0 heterocycles. The van der Waals surface area contributed by atoms with Gasteiger partial charge in [0.25, 0.3) is 0 Å². The van der Waals surface area contributed by atoms with Crippen molar-refractivity contribution < 1.29 is 9.59 Å². The van der Waals surface area contributed by atoms with Gasteiger partial charge in [-0.1, -0.05) is 41.4 Å². The van der Waals surface area contributed by atoms with Crippen LogP contribution in [0.5, 0.6) is 0 Å². The van der Waals surface area contributed by atoms with Crippen molar-refractivity contribution >= 4 is 75.3 Å². The molecule has 1 aromatic carbocycles. The number of hydrogen-bond acceptors (Lipinski definition) is 3. The van der Waals surface area contributed by atoms with E-state index in [0.29, 0.717) is 11.4 Å². The molecule has 4 N–H and O–H groups in total. The number of alkyl halides is 3. The molecule has 0 aliphatic carbocycles. The molecule has 1 rings (SSSR count). The lowest BCUT2D eigenvalue weighted by atomic mass is 10.3. The van der Waals surface area contributed by atoms with Gasteiger partial charge in [-0.25, -0.2) is 0 Å². The Balaban J connectivity index is 2.70. The lowest BCUT2D eigenvalue weighted by molar-refractivity contribution is -0.117. The maximum Gasteiger partial charge on any atom is 0.245 e. The highest BCUT2D eigenvalue weighted by molar-refractivity contribution is 7.80. The van der Waals surface area contributed by atoms with Gasteiger partial charge in [-0.05, 0) is 42.6 Å². The van der Waals surface area contributed by atoms with E-state index in [1.807, 2.05) is 0 Å². The summed E-state index contributed by atoms with van der Waals surface area (Å²) in [6.45, 7) is 4.74. The van der Waals surface area contributed by atoms with Gasteiger partial charge in [0.2, 0.25) is 15.6 Å². The third kappa shape index (κ3) is 7.35. The zero-order valence-corrected chi connectivity index (χ0v) is 15.6. The zero-order valence-electron chi connectivity index (χ0n) is 12.5. The predicted molar refractivity (Wildman–Crippen MR) is 103 cm³/mol. The Morgan fingerprint density at radius 1 is 1.12 bits per heavy atom. The first kappa shape index (κ1) is 20.5. The van der Waals surface area contributed by atoms with Crippen LogP contribution in [0.25, 0.3) is 0 Å². The van der Waals surface area contributed by atoms with Crippen molar-refractivity contribution in [2.45, 2.75) is 16.9 Å². The number of anilines is 2. The smallest absolute Gasteiger partial charge is 0.245 e. The molecular weight excluding hydrogens is 395 g/mol. The van der Waals surface area contributed by atoms with Gasteiger partial charge in [0.1, 0.15) is 6.17 Å². The molecule has 0 spiro atoms. The molecule has 130 valence electrons. The molecule has 0 radical (unpaired) electrons. The van der Waals surface area contributed by atoms with Gasteiger partial charge in [0, 0.05) is 18.3 Å². The van der Waals surface area contributed by atoms with Crippen LogP contribution in [0.3, 0.4) is 0 Å². The molecule has 0 aromatic heterocycles. The van der Waals surface area contributed by atoms with Gasteiger partial charge in [0.05, 0.1) is 0 Å². The molecule has 1 atom stereocenters. The van der Waals surface area contributed by atoms with Gasteiger partial charge in [-0.2, -0.15) is 0 Å². The summed E-state index contributed by atoms with van der Waals surface area (Å²) in [6, 6.07) is 6.79. The standard InChI is InChI=1S/C14H15Cl3N4O2S/c1-3-11(23)20-12(14(15,16)17)21-13(24)19-10-6-4-9(5-7-10)18-8(2)22/h3-7,12H,1H2,2H3,(H,18,22)(H,20,23)(H2,19,21,24)/t12-/m1/s1. The highest BCUT2D eigenvalue weighted by atomic mass is 35.6. The highest BCUT2D eigenvalue weighted by Gasteiger charge is 2.34. The van der Waals surface area contributed by atoms with E-state index in [1.165, 1.54) is 6.92 Å². The molecule has 10 heteroatoms. The van der Waals surface area contributed by atoms with Crippen LogP contribution in [0, 0.1) is 0 Å². The first-order valence-corrected chi connectivity index (χ1v) is 8.11. The van der Waals surface area contributed by atoms with E-state index in [4.69, 9.17) is 47.0 Å². The molecule has 0 aliphatic heterocycles. The number of hydrogen-bond donors (Lipinski definition) is 4. The maximum atomic E-state index is 11.4. The first-order chi connectivity index (χ1) is 11.1. The summed E-state index contributed by atoms with van der Waals surface area (Å²) in [5.41, 5.74) is 1.28. The third-order valence-electron chi connectivity index (χ3n) is 2.54. The number of rotatable bonds is 5. The van der Waals surface area contributed by atoms with Gasteiger partial charge in [-0.15, -0.1) is 0 Å². The Bertz CT molecular complexity index is 632. The molecule has 0 saturated heterocycles. The van der Waals surface area contributed by atoms with Gasteiger partial charge >= 0.3 is 0 Å². The molecule has 1 aromatic rings. The summed E-state index contributed by atoms with van der Waals surface area (Å²) in [5, 5.41) is 10.7. The average Bonchev–Trinajstić information content (AvgIpc) is 2.47. The van der Waals surface area contributed by atoms with Crippen molar-refractivity contribution in [1.29, 1.82) is 0 Å². The summed E-state index contributed by atoms with van der Waals surface area (Å²) in [4.78, 5) is 22.4. The lowest BCUT2D eigenvalue weighted by Crippen LogP contribution is -2.55. The number of nitrogens with one attached hydrogen (secondary N) is 4. The van der Waals surface area contributed by atoms with Gasteiger partial charge < -0.3 is 21.3 Å². The number of amides is 2.